The van der Waals surface area contributed by atoms with E-state index in [1.165, 1.54) is 16.1 Å². The number of rotatable bonds is 4. The molecule has 1 atom stereocenters. The van der Waals surface area contributed by atoms with Gasteiger partial charge in [0.25, 0.3) is 0 Å². The SMILES string of the molecule is COc1ccc2c(c1)SC(c1cc3c(cc1Cl)OCO3)CCN2Cc1cccnc1. The lowest BCUT2D eigenvalue weighted by Gasteiger charge is -2.25. The van der Waals surface area contributed by atoms with Crippen LogP contribution in [0.1, 0.15) is 22.8 Å². The van der Waals surface area contributed by atoms with Gasteiger partial charge >= 0.3 is 0 Å². The molecule has 0 amide bonds. The number of thioether (sulfide) groups is 1. The van der Waals surface area contributed by atoms with Crippen LogP contribution in [0.2, 0.25) is 5.02 Å². The Kier molecular flexibility index (Phi) is 5.35. The van der Waals surface area contributed by atoms with Gasteiger partial charge in [0.05, 0.1) is 12.8 Å². The van der Waals surface area contributed by atoms with Gasteiger partial charge in [0.2, 0.25) is 6.79 Å². The molecule has 7 heteroatoms. The lowest BCUT2D eigenvalue weighted by Crippen LogP contribution is -2.24. The number of methoxy groups -OCH3 is 1. The average Bonchev–Trinajstić information content (AvgIpc) is 3.15. The molecular formula is C23H21ClN2O3S. The number of hydrogen-bond acceptors (Lipinski definition) is 6. The summed E-state index contributed by atoms with van der Waals surface area (Å²) in [5.41, 5.74) is 3.45. The van der Waals surface area contributed by atoms with Crippen molar-refractivity contribution in [1.29, 1.82) is 0 Å². The normalized spacial score (nSPS) is 17.4. The van der Waals surface area contributed by atoms with E-state index in [0.29, 0.717) is 10.8 Å². The first-order valence-corrected chi connectivity index (χ1v) is 11.0. The summed E-state index contributed by atoms with van der Waals surface area (Å²) in [5, 5.41) is 0.902. The molecule has 0 saturated heterocycles. The van der Waals surface area contributed by atoms with Crippen LogP contribution in [-0.4, -0.2) is 25.4 Å². The van der Waals surface area contributed by atoms with Crippen LogP contribution in [0.15, 0.2) is 59.8 Å². The minimum absolute atomic E-state index is 0.191. The Labute approximate surface area is 184 Å². The van der Waals surface area contributed by atoms with Gasteiger partial charge in [-0.3, -0.25) is 4.98 Å². The van der Waals surface area contributed by atoms with Gasteiger partial charge in [-0.05, 0) is 47.9 Å². The topological polar surface area (TPSA) is 43.8 Å². The summed E-state index contributed by atoms with van der Waals surface area (Å²) in [6.45, 7) is 1.94. The van der Waals surface area contributed by atoms with Gasteiger partial charge in [-0.2, -0.15) is 0 Å². The molecule has 2 aromatic carbocycles. The summed E-state index contributed by atoms with van der Waals surface area (Å²) in [6, 6.07) is 14.2. The number of aromatic nitrogens is 1. The minimum Gasteiger partial charge on any atom is -0.497 e. The Morgan fingerprint density at radius 3 is 2.87 bits per heavy atom. The minimum atomic E-state index is 0.191. The number of ether oxygens (including phenoxy) is 3. The summed E-state index contributed by atoms with van der Waals surface area (Å²) in [6.07, 6.45) is 4.67. The molecule has 5 rings (SSSR count). The number of fused-ring (bicyclic) bond motifs is 2. The Bertz CT molecular complexity index is 1060. The van der Waals surface area contributed by atoms with Crippen LogP contribution in [0.5, 0.6) is 17.2 Å². The average molecular weight is 441 g/mol. The molecule has 0 bridgehead atoms. The highest BCUT2D eigenvalue weighted by Crippen LogP contribution is 2.50. The van der Waals surface area contributed by atoms with Crippen LogP contribution in [0, 0.1) is 0 Å². The van der Waals surface area contributed by atoms with Crippen molar-refractivity contribution in [3.8, 4) is 17.2 Å². The highest BCUT2D eigenvalue weighted by molar-refractivity contribution is 7.99. The first-order valence-electron chi connectivity index (χ1n) is 9.79. The zero-order valence-electron chi connectivity index (χ0n) is 16.5. The summed E-state index contributed by atoms with van der Waals surface area (Å²) in [5.74, 6) is 2.32. The molecule has 0 radical (unpaired) electrons. The molecule has 5 nitrogen and oxygen atoms in total. The fraction of sp³-hybridized carbons (Fsp3) is 0.261. The summed E-state index contributed by atoms with van der Waals surface area (Å²) < 4.78 is 16.6. The fourth-order valence-electron chi connectivity index (χ4n) is 3.86. The van der Waals surface area contributed by atoms with Crippen molar-refractivity contribution in [2.75, 3.05) is 25.3 Å². The van der Waals surface area contributed by atoms with E-state index in [1.54, 1.807) is 13.3 Å². The summed E-state index contributed by atoms with van der Waals surface area (Å²) >= 11 is 8.47. The molecule has 0 saturated carbocycles. The molecule has 2 aliphatic rings. The van der Waals surface area contributed by atoms with Crippen LogP contribution in [-0.2, 0) is 6.54 Å². The van der Waals surface area contributed by atoms with Gasteiger partial charge < -0.3 is 19.1 Å². The smallest absolute Gasteiger partial charge is 0.231 e. The Balaban J connectivity index is 1.50. The Morgan fingerprint density at radius 2 is 2.07 bits per heavy atom. The van der Waals surface area contributed by atoms with Gasteiger partial charge in [-0.25, -0.2) is 0 Å². The summed E-state index contributed by atoms with van der Waals surface area (Å²) in [7, 11) is 1.70. The monoisotopic (exact) mass is 440 g/mol. The molecule has 0 spiro atoms. The van der Waals surface area contributed by atoms with Crippen LogP contribution in [0.3, 0.4) is 0 Å². The lowest BCUT2D eigenvalue weighted by molar-refractivity contribution is 0.174. The fourth-order valence-corrected chi connectivity index (χ4v) is 5.56. The third-order valence-corrected chi connectivity index (χ3v) is 7.06. The van der Waals surface area contributed by atoms with E-state index in [1.807, 2.05) is 42.2 Å². The number of pyridine rings is 1. The van der Waals surface area contributed by atoms with Gasteiger partial charge in [0.15, 0.2) is 11.5 Å². The lowest BCUT2D eigenvalue weighted by atomic mass is 10.1. The van der Waals surface area contributed by atoms with Crippen molar-refractivity contribution in [3.05, 3.63) is 71.0 Å². The zero-order chi connectivity index (χ0) is 20.5. The molecule has 0 aliphatic carbocycles. The quantitative estimate of drug-likeness (QED) is 0.517. The first-order chi connectivity index (χ1) is 14.7. The van der Waals surface area contributed by atoms with Gasteiger partial charge in [0.1, 0.15) is 5.75 Å². The van der Waals surface area contributed by atoms with E-state index in [0.717, 1.165) is 36.6 Å². The molecule has 0 N–H and O–H groups in total. The van der Waals surface area contributed by atoms with E-state index in [2.05, 4.69) is 28.1 Å². The number of benzene rings is 2. The van der Waals surface area contributed by atoms with Crippen LogP contribution in [0.4, 0.5) is 5.69 Å². The molecule has 154 valence electrons. The highest BCUT2D eigenvalue weighted by Gasteiger charge is 2.27. The maximum atomic E-state index is 6.65. The Morgan fingerprint density at radius 1 is 1.20 bits per heavy atom. The third-order valence-electron chi connectivity index (χ3n) is 5.37. The van der Waals surface area contributed by atoms with E-state index >= 15 is 0 Å². The molecule has 30 heavy (non-hydrogen) atoms. The van der Waals surface area contributed by atoms with Crippen molar-refractivity contribution in [2.24, 2.45) is 0 Å². The molecular weight excluding hydrogens is 420 g/mol. The van der Waals surface area contributed by atoms with Crippen LogP contribution < -0.4 is 19.1 Å². The van der Waals surface area contributed by atoms with Crippen molar-refractivity contribution < 1.29 is 14.2 Å². The second kappa shape index (κ2) is 8.28. The number of anilines is 1. The molecule has 2 aliphatic heterocycles. The maximum Gasteiger partial charge on any atom is 0.231 e. The summed E-state index contributed by atoms with van der Waals surface area (Å²) in [4.78, 5) is 7.85. The molecule has 0 fully saturated rings. The van der Waals surface area contributed by atoms with Crippen molar-refractivity contribution in [1.82, 2.24) is 4.98 Å². The number of halogens is 1. The Hall–Kier alpha value is -2.57. The van der Waals surface area contributed by atoms with E-state index in [-0.39, 0.29) is 12.0 Å². The van der Waals surface area contributed by atoms with E-state index in [9.17, 15) is 0 Å². The van der Waals surface area contributed by atoms with Crippen LogP contribution >= 0.6 is 23.4 Å². The number of hydrogen-bond donors (Lipinski definition) is 0. The number of nitrogens with zero attached hydrogens (tertiary/aromatic N) is 2. The van der Waals surface area contributed by atoms with Gasteiger partial charge in [-0.15, -0.1) is 11.8 Å². The van der Waals surface area contributed by atoms with E-state index in [4.69, 9.17) is 25.8 Å². The predicted molar refractivity (Wildman–Crippen MR) is 119 cm³/mol. The molecule has 3 aromatic rings. The maximum absolute atomic E-state index is 6.65. The highest BCUT2D eigenvalue weighted by atomic mass is 35.5. The zero-order valence-corrected chi connectivity index (χ0v) is 18.1. The molecule has 1 aromatic heterocycles. The van der Waals surface area contributed by atoms with Crippen molar-refractivity contribution >= 4 is 29.1 Å². The first kappa shape index (κ1) is 19.4. The predicted octanol–water partition coefficient (Wildman–Crippen LogP) is 5.72. The second-order valence-electron chi connectivity index (χ2n) is 7.24. The standard InChI is InChI=1S/C23H21ClN2O3S/c1-27-16-4-5-19-23(9-16)30-22(6-8-26(19)13-15-3-2-7-25-12-15)17-10-20-21(11-18(17)24)29-14-28-20/h2-5,7,9-12,22H,6,8,13-14H2,1H3. The molecule has 1 unspecified atom stereocenters. The van der Waals surface area contributed by atoms with Crippen molar-refractivity contribution in [3.63, 3.8) is 0 Å². The largest absolute Gasteiger partial charge is 0.497 e. The van der Waals surface area contributed by atoms with E-state index < -0.39 is 0 Å². The van der Waals surface area contributed by atoms with Crippen molar-refractivity contribution in [2.45, 2.75) is 23.1 Å². The molecule has 3 heterocycles. The van der Waals surface area contributed by atoms with Gasteiger partial charge in [-0.1, -0.05) is 17.7 Å². The van der Waals surface area contributed by atoms with Crippen LogP contribution in [0.25, 0.3) is 0 Å². The van der Waals surface area contributed by atoms with Gasteiger partial charge in [0, 0.05) is 46.7 Å². The second-order valence-corrected chi connectivity index (χ2v) is 8.89. The third kappa shape index (κ3) is 3.77.